The van der Waals surface area contributed by atoms with E-state index >= 15 is 0 Å². The summed E-state index contributed by atoms with van der Waals surface area (Å²) in [6.07, 6.45) is 3.55. The van der Waals surface area contributed by atoms with Gasteiger partial charge in [-0.1, -0.05) is 12.1 Å². The van der Waals surface area contributed by atoms with E-state index in [1.165, 1.54) is 6.92 Å². The maximum Gasteiger partial charge on any atom is 0.217 e. The monoisotopic (exact) mass is 407 g/mol. The summed E-state index contributed by atoms with van der Waals surface area (Å²) in [7, 11) is 0. The normalized spacial score (nSPS) is 16.4. The first kappa shape index (κ1) is 21.5. The molecule has 1 amide bonds. The Labute approximate surface area is 178 Å². The lowest BCUT2D eigenvalue weighted by molar-refractivity contribution is -0.119. The molecule has 1 aromatic heterocycles. The smallest absolute Gasteiger partial charge is 0.217 e. The third kappa shape index (κ3) is 6.15. The van der Waals surface area contributed by atoms with Gasteiger partial charge in [-0.05, 0) is 37.6 Å². The number of carbonyl (C=O) groups is 1. The minimum absolute atomic E-state index is 0.0179. The van der Waals surface area contributed by atoms with Crippen LogP contribution in [0.1, 0.15) is 45.2 Å². The molecule has 1 N–H and O–H groups in total. The second kappa shape index (κ2) is 10.5. The van der Waals surface area contributed by atoms with E-state index in [1.54, 1.807) is 6.20 Å². The number of nitrogens with zero attached hydrogens (tertiary/aromatic N) is 2. The molecule has 2 aromatic rings. The van der Waals surface area contributed by atoms with Gasteiger partial charge < -0.3 is 19.7 Å². The van der Waals surface area contributed by atoms with Crippen LogP contribution in [0.3, 0.4) is 0 Å². The number of hydrogen-bond donors (Lipinski definition) is 1. The van der Waals surface area contributed by atoms with Gasteiger partial charge in [0.1, 0.15) is 18.5 Å². The number of ether oxygens (including phenoxy) is 2. The van der Waals surface area contributed by atoms with Gasteiger partial charge in [-0.3, -0.25) is 4.79 Å². The lowest BCUT2D eigenvalue weighted by atomic mass is 10.1. The topological polar surface area (TPSA) is 63.7 Å². The van der Waals surface area contributed by atoms with Crippen LogP contribution in [0.25, 0.3) is 0 Å². The van der Waals surface area contributed by atoms with Gasteiger partial charge in [0.25, 0.3) is 0 Å². The molecule has 1 aromatic carbocycles. The van der Waals surface area contributed by atoms with Gasteiger partial charge in [0.05, 0.1) is 12.6 Å². The molecule has 1 aliphatic heterocycles. The molecule has 2 atom stereocenters. The Hall–Kier alpha value is -3.20. The van der Waals surface area contributed by atoms with Crippen LogP contribution in [-0.4, -0.2) is 36.7 Å². The molecule has 1 aliphatic rings. The van der Waals surface area contributed by atoms with Crippen LogP contribution < -0.4 is 19.7 Å². The average molecular weight is 408 g/mol. The van der Waals surface area contributed by atoms with E-state index in [0.29, 0.717) is 18.9 Å². The quantitative estimate of drug-likeness (QED) is 0.534. The molecule has 0 radical (unpaired) electrons. The summed E-state index contributed by atoms with van der Waals surface area (Å²) in [6, 6.07) is 11.9. The zero-order valence-electron chi connectivity index (χ0n) is 17.9. The lowest BCUT2D eigenvalue weighted by Crippen LogP contribution is -2.25. The van der Waals surface area contributed by atoms with Gasteiger partial charge in [0.2, 0.25) is 11.8 Å². The number of hydrogen-bond acceptors (Lipinski definition) is 5. The van der Waals surface area contributed by atoms with E-state index in [9.17, 15) is 4.79 Å². The highest BCUT2D eigenvalue weighted by atomic mass is 16.5. The first-order chi connectivity index (χ1) is 14.5. The van der Waals surface area contributed by atoms with Crippen molar-refractivity contribution in [1.82, 2.24) is 10.3 Å². The largest absolute Gasteiger partial charge is 0.489 e. The SMILES string of the molecule is CC#CCCOc1cc(N2CC[C@@H](Oc3ccc([C@H](C)NC(C)=O)cc3)C2)ccn1. The zero-order valence-corrected chi connectivity index (χ0v) is 17.9. The van der Waals surface area contributed by atoms with Gasteiger partial charge in [-0.15, -0.1) is 11.8 Å². The number of anilines is 1. The van der Waals surface area contributed by atoms with Crippen LogP contribution >= 0.6 is 0 Å². The molecule has 1 fully saturated rings. The number of rotatable bonds is 8. The van der Waals surface area contributed by atoms with Gasteiger partial charge in [-0.25, -0.2) is 4.98 Å². The lowest BCUT2D eigenvalue weighted by Gasteiger charge is -2.20. The zero-order chi connectivity index (χ0) is 21.3. The number of nitrogens with one attached hydrogen (secondary N) is 1. The Bertz CT molecular complexity index is 902. The van der Waals surface area contributed by atoms with Crippen molar-refractivity contribution >= 4 is 11.6 Å². The van der Waals surface area contributed by atoms with E-state index in [4.69, 9.17) is 9.47 Å². The summed E-state index contributed by atoms with van der Waals surface area (Å²) in [5.74, 6) is 7.28. The Kier molecular flexibility index (Phi) is 7.56. The Balaban J connectivity index is 1.53. The second-order valence-corrected chi connectivity index (χ2v) is 7.34. The highest BCUT2D eigenvalue weighted by Crippen LogP contribution is 2.26. The number of aromatic nitrogens is 1. The van der Waals surface area contributed by atoms with Crippen molar-refractivity contribution in [3.05, 3.63) is 48.2 Å². The first-order valence-corrected chi connectivity index (χ1v) is 10.3. The molecule has 2 heterocycles. The maximum absolute atomic E-state index is 11.2. The van der Waals surface area contributed by atoms with Crippen molar-refractivity contribution in [2.24, 2.45) is 0 Å². The third-order valence-electron chi connectivity index (χ3n) is 4.98. The molecular formula is C24H29N3O3. The molecular weight excluding hydrogens is 378 g/mol. The molecule has 158 valence electrons. The van der Waals surface area contributed by atoms with Crippen LogP contribution in [0.15, 0.2) is 42.6 Å². The fourth-order valence-corrected chi connectivity index (χ4v) is 3.48. The molecule has 6 heteroatoms. The standard InChI is InChI=1S/C24H29N3O3/c1-4-5-6-15-29-24-16-21(11-13-25-24)27-14-12-23(17-27)30-22-9-7-20(8-10-22)18(2)26-19(3)28/h7-11,13,16,18,23H,6,12,14-15,17H2,1-3H3,(H,26,28)/t18-,23+/m0/s1. The molecule has 6 nitrogen and oxygen atoms in total. The van der Waals surface area contributed by atoms with Crippen LogP contribution in [-0.2, 0) is 4.79 Å². The molecule has 30 heavy (non-hydrogen) atoms. The molecule has 0 saturated carbocycles. The Morgan fingerprint density at radius 1 is 1.33 bits per heavy atom. The Morgan fingerprint density at radius 2 is 2.13 bits per heavy atom. The van der Waals surface area contributed by atoms with Crippen molar-refractivity contribution in [2.75, 3.05) is 24.6 Å². The number of carbonyl (C=O) groups excluding carboxylic acids is 1. The summed E-state index contributed by atoms with van der Waals surface area (Å²) < 4.78 is 11.9. The second-order valence-electron chi connectivity index (χ2n) is 7.34. The van der Waals surface area contributed by atoms with Crippen LogP contribution in [0, 0.1) is 11.8 Å². The van der Waals surface area contributed by atoms with Gasteiger partial charge in [0.15, 0.2) is 0 Å². The van der Waals surface area contributed by atoms with Crippen LogP contribution in [0.4, 0.5) is 5.69 Å². The van der Waals surface area contributed by atoms with Crippen molar-refractivity contribution in [3.63, 3.8) is 0 Å². The molecule has 0 unspecified atom stereocenters. The number of pyridine rings is 1. The minimum atomic E-state index is -0.0341. The summed E-state index contributed by atoms with van der Waals surface area (Å²) in [5.41, 5.74) is 2.15. The van der Waals surface area contributed by atoms with E-state index in [1.807, 2.05) is 50.2 Å². The summed E-state index contributed by atoms with van der Waals surface area (Å²) in [5, 5.41) is 2.89. The van der Waals surface area contributed by atoms with E-state index in [2.05, 4.69) is 27.0 Å². The fraction of sp³-hybridized carbons (Fsp3) is 0.417. The van der Waals surface area contributed by atoms with E-state index in [-0.39, 0.29) is 18.1 Å². The molecule has 0 bridgehead atoms. The van der Waals surface area contributed by atoms with Crippen molar-refractivity contribution in [3.8, 4) is 23.5 Å². The van der Waals surface area contributed by atoms with Crippen molar-refractivity contribution in [1.29, 1.82) is 0 Å². The van der Waals surface area contributed by atoms with E-state index in [0.717, 1.165) is 36.5 Å². The Morgan fingerprint density at radius 3 is 2.87 bits per heavy atom. The maximum atomic E-state index is 11.2. The predicted molar refractivity (Wildman–Crippen MR) is 118 cm³/mol. The molecule has 0 aliphatic carbocycles. The number of amides is 1. The third-order valence-corrected chi connectivity index (χ3v) is 4.98. The average Bonchev–Trinajstić information content (AvgIpc) is 3.20. The highest BCUT2D eigenvalue weighted by molar-refractivity contribution is 5.73. The van der Waals surface area contributed by atoms with Crippen molar-refractivity contribution < 1.29 is 14.3 Å². The van der Waals surface area contributed by atoms with Gasteiger partial charge >= 0.3 is 0 Å². The highest BCUT2D eigenvalue weighted by Gasteiger charge is 2.24. The van der Waals surface area contributed by atoms with Crippen LogP contribution in [0.5, 0.6) is 11.6 Å². The molecule has 0 spiro atoms. The predicted octanol–water partition coefficient (Wildman–Crippen LogP) is 3.73. The summed E-state index contributed by atoms with van der Waals surface area (Å²) in [4.78, 5) is 17.8. The van der Waals surface area contributed by atoms with Gasteiger partial charge in [-0.2, -0.15) is 0 Å². The van der Waals surface area contributed by atoms with Crippen LogP contribution in [0.2, 0.25) is 0 Å². The van der Waals surface area contributed by atoms with Crippen molar-refractivity contribution in [2.45, 2.75) is 45.8 Å². The van der Waals surface area contributed by atoms with E-state index < -0.39 is 0 Å². The molecule has 1 saturated heterocycles. The summed E-state index contributed by atoms with van der Waals surface area (Å²) >= 11 is 0. The van der Waals surface area contributed by atoms with Gasteiger partial charge in [0, 0.05) is 44.3 Å². The molecule has 3 rings (SSSR count). The summed E-state index contributed by atoms with van der Waals surface area (Å²) in [6.45, 7) is 7.60. The number of benzene rings is 1. The first-order valence-electron chi connectivity index (χ1n) is 10.3. The fourth-order valence-electron chi connectivity index (χ4n) is 3.48. The minimum Gasteiger partial charge on any atom is -0.489 e.